The first kappa shape index (κ1) is 12.3. The van der Waals surface area contributed by atoms with Crippen molar-refractivity contribution in [3.05, 3.63) is 47.4 Å². The summed E-state index contributed by atoms with van der Waals surface area (Å²) in [7, 11) is 1.54. The quantitative estimate of drug-likeness (QED) is 0.923. The van der Waals surface area contributed by atoms with Crippen molar-refractivity contribution in [3.8, 4) is 5.75 Å². The average molecular weight is 264 g/mol. The summed E-state index contributed by atoms with van der Waals surface area (Å²) in [6.07, 6.45) is 2.96. The first-order valence-corrected chi connectivity index (χ1v) is 5.50. The molecule has 2 heterocycles. The van der Waals surface area contributed by atoms with Gasteiger partial charge in [-0.05, 0) is 18.2 Å². The van der Waals surface area contributed by atoms with Gasteiger partial charge >= 0.3 is 0 Å². The summed E-state index contributed by atoms with van der Waals surface area (Å²) in [4.78, 5) is 19.7. The molecule has 0 radical (unpaired) electrons. The molecule has 0 atom stereocenters. The van der Waals surface area contributed by atoms with Crippen molar-refractivity contribution < 1.29 is 9.53 Å². The van der Waals surface area contributed by atoms with Crippen LogP contribution in [0.2, 0.25) is 5.02 Å². The fourth-order valence-corrected chi connectivity index (χ4v) is 1.41. The van der Waals surface area contributed by atoms with E-state index in [1.165, 1.54) is 12.3 Å². The number of pyridine rings is 2. The lowest BCUT2D eigenvalue weighted by atomic mass is 10.3. The van der Waals surface area contributed by atoms with Gasteiger partial charge in [0.15, 0.2) is 0 Å². The number of hydrogen-bond donors (Lipinski definition) is 1. The maximum atomic E-state index is 11.8. The van der Waals surface area contributed by atoms with Crippen LogP contribution in [-0.2, 0) is 0 Å². The van der Waals surface area contributed by atoms with Crippen LogP contribution in [0.15, 0.2) is 36.7 Å². The molecule has 2 rings (SSSR count). The molecule has 1 N–H and O–H groups in total. The molecule has 6 heteroatoms. The van der Waals surface area contributed by atoms with Crippen LogP contribution in [-0.4, -0.2) is 23.0 Å². The van der Waals surface area contributed by atoms with E-state index in [2.05, 4.69) is 15.3 Å². The molecule has 0 saturated heterocycles. The Morgan fingerprint density at radius 3 is 2.83 bits per heavy atom. The van der Waals surface area contributed by atoms with Crippen LogP contribution < -0.4 is 10.1 Å². The first-order valence-electron chi connectivity index (χ1n) is 5.12. The normalized spacial score (nSPS) is 9.89. The zero-order chi connectivity index (χ0) is 13.0. The number of rotatable bonds is 3. The van der Waals surface area contributed by atoms with E-state index >= 15 is 0 Å². The third-order valence-electron chi connectivity index (χ3n) is 2.17. The van der Waals surface area contributed by atoms with Crippen molar-refractivity contribution in [1.82, 2.24) is 9.97 Å². The predicted octanol–water partition coefficient (Wildman–Crippen LogP) is 2.39. The molecular weight excluding hydrogens is 254 g/mol. The molecule has 0 spiro atoms. The van der Waals surface area contributed by atoms with Crippen molar-refractivity contribution >= 4 is 23.3 Å². The minimum Gasteiger partial charge on any atom is -0.497 e. The van der Waals surface area contributed by atoms with Crippen LogP contribution in [0.4, 0.5) is 5.82 Å². The van der Waals surface area contributed by atoms with Crippen molar-refractivity contribution in [2.24, 2.45) is 0 Å². The standard InChI is InChI=1S/C12H10ClN3O2/c1-18-9-4-5-14-11(6-9)16-12(17)10-3-2-8(13)7-15-10/h2-7H,1H3,(H,14,16,17). The van der Waals surface area contributed by atoms with Gasteiger partial charge in [-0.1, -0.05) is 11.6 Å². The number of hydrogen-bond acceptors (Lipinski definition) is 4. The highest BCUT2D eigenvalue weighted by Gasteiger charge is 2.08. The van der Waals surface area contributed by atoms with Crippen LogP contribution in [0.3, 0.4) is 0 Å². The lowest BCUT2D eigenvalue weighted by Gasteiger charge is -2.05. The lowest BCUT2D eigenvalue weighted by molar-refractivity contribution is 0.102. The Morgan fingerprint density at radius 1 is 1.33 bits per heavy atom. The maximum absolute atomic E-state index is 11.8. The first-order chi connectivity index (χ1) is 8.69. The summed E-state index contributed by atoms with van der Waals surface area (Å²) in [5, 5.41) is 3.09. The van der Waals surface area contributed by atoms with Gasteiger partial charge < -0.3 is 10.1 Å². The van der Waals surface area contributed by atoms with Gasteiger partial charge in [-0.15, -0.1) is 0 Å². The second-order valence-corrected chi connectivity index (χ2v) is 3.83. The van der Waals surface area contributed by atoms with Crippen LogP contribution in [0.1, 0.15) is 10.5 Å². The van der Waals surface area contributed by atoms with Gasteiger partial charge in [-0.2, -0.15) is 0 Å². The molecule has 0 fully saturated rings. The summed E-state index contributed by atoms with van der Waals surface area (Å²) in [6.45, 7) is 0. The molecule has 0 aliphatic heterocycles. The molecule has 0 bridgehead atoms. The van der Waals surface area contributed by atoms with Gasteiger partial charge in [0.25, 0.3) is 5.91 Å². The summed E-state index contributed by atoms with van der Waals surface area (Å²) >= 11 is 5.69. The van der Waals surface area contributed by atoms with E-state index in [-0.39, 0.29) is 11.6 Å². The van der Waals surface area contributed by atoms with E-state index in [1.807, 2.05) is 0 Å². The number of methoxy groups -OCH3 is 1. The van der Waals surface area contributed by atoms with Gasteiger partial charge in [0.05, 0.1) is 12.1 Å². The molecule has 1 amide bonds. The van der Waals surface area contributed by atoms with E-state index in [1.54, 1.807) is 31.5 Å². The highest BCUT2D eigenvalue weighted by Crippen LogP contribution is 2.14. The largest absolute Gasteiger partial charge is 0.497 e. The maximum Gasteiger partial charge on any atom is 0.275 e. The summed E-state index contributed by atoms with van der Waals surface area (Å²) < 4.78 is 5.03. The molecule has 2 aromatic heterocycles. The highest BCUT2D eigenvalue weighted by molar-refractivity contribution is 6.30. The number of carbonyl (C=O) groups excluding carboxylic acids is 1. The molecule has 0 saturated carbocycles. The van der Waals surface area contributed by atoms with Crippen LogP contribution >= 0.6 is 11.6 Å². The van der Waals surface area contributed by atoms with E-state index in [0.29, 0.717) is 16.6 Å². The zero-order valence-corrected chi connectivity index (χ0v) is 10.3. The topological polar surface area (TPSA) is 64.1 Å². The van der Waals surface area contributed by atoms with Crippen LogP contribution in [0, 0.1) is 0 Å². The molecular formula is C12H10ClN3O2. The van der Waals surface area contributed by atoms with E-state index in [9.17, 15) is 4.79 Å². The van der Waals surface area contributed by atoms with Crippen molar-refractivity contribution in [2.75, 3.05) is 12.4 Å². The van der Waals surface area contributed by atoms with Crippen LogP contribution in [0.25, 0.3) is 0 Å². The number of anilines is 1. The number of nitrogens with one attached hydrogen (secondary N) is 1. The third-order valence-corrected chi connectivity index (χ3v) is 2.39. The SMILES string of the molecule is COc1ccnc(NC(=O)c2ccc(Cl)cn2)c1. The Hall–Kier alpha value is -2.14. The van der Waals surface area contributed by atoms with E-state index in [4.69, 9.17) is 16.3 Å². The number of nitrogens with zero attached hydrogens (tertiary/aromatic N) is 2. The molecule has 18 heavy (non-hydrogen) atoms. The van der Waals surface area contributed by atoms with Crippen molar-refractivity contribution in [3.63, 3.8) is 0 Å². The molecule has 5 nitrogen and oxygen atoms in total. The third kappa shape index (κ3) is 2.95. The smallest absolute Gasteiger partial charge is 0.275 e. The van der Waals surface area contributed by atoms with Crippen molar-refractivity contribution in [2.45, 2.75) is 0 Å². The van der Waals surface area contributed by atoms with Gasteiger partial charge in [0, 0.05) is 18.5 Å². The lowest BCUT2D eigenvalue weighted by Crippen LogP contribution is -2.14. The minimum atomic E-state index is -0.354. The Kier molecular flexibility index (Phi) is 3.74. The van der Waals surface area contributed by atoms with Gasteiger partial charge in [-0.25, -0.2) is 9.97 Å². The highest BCUT2D eigenvalue weighted by atomic mass is 35.5. The number of ether oxygens (including phenoxy) is 1. The van der Waals surface area contributed by atoms with Gasteiger partial charge in [0.2, 0.25) is 0 Å². The fraction of sp³-hybridized carbons (Fsp3) is 0.0833. The summed E-state index contributed by atoms with van der Waals surface area (Å²) in [5.74, 6) is 0.660. The van der Waals surface area contributed by atoms with Crippen LogP contribution in [0.5, 0.6) is 5.75 Å². The van der Waals surface area contributed by atoms with E-state index in [0.717, 1.165) is 0 Å². The Bertz CT molecular complexity index is 558. The fourth-order valence-electron chi connectivity index (χ4n) is 1.30. The number of aromatic nitrogens is 2. The molecule has 0 aromatic carbocycles. The second kappa shape index (κ2) is 5.46. The predicted molar refractivity (Wildman–Crippen MR) is 68.0 cm³/mol. The molecule has 92 valence electrons. The van der Waals surface area contributed by atoms with E-state index < -0.39 is 0 Å². The Morgan fingerprint density at radius 2 is 2.17 bits per heavy atom. The van der Waals surface area contributed by atoms with Gasteiger partial charge in [0.1, 0.15) is 17.3 Å². The Labute approximate surface area is 109 Å². The Balaban J connectivity index is 2.13. The monoisotopic (exact) mass is 263 g/mol. The number of halogens is 1. The minimum absolute atomic E-state index is 0.268. The van der Waals surface area contributed by atoms with Gasteiger partial charge in [-0.3, -0.25) is 4.79 Å². The summed E-state index contributed by atoms with van der Waals surface area (Å²) in [5.41, 5.74) is 0.268. The number of carbonyl (C=O) groups is 1. The molecule has 0 unspecified atom stereocenters. The second-order valence-electron chi connectivity index (χ2n) is 3.40. The summed E-state index contributed by atoms with van der Waals surface area (Å²) in [6, 6.07) is 6.45. The molecule has 0 aliphatic rings. The molecule has 0 aliphatic carbocycles. The zero-order valence-electron chi connectivity index (χ0n) is 9.55. The molecule has 2 aromatic rings. The average Bonchev–Trinajstić information content (AvgIpc) is 2.39. The van der Waals surface area contributed by atoms with Crippen molar-refractivity contribution in [1.29, 1.82) is 0 Å². The number of amides is 1.